The van der Waals surface area contributed by atoms with Crippen LogP contribution < -0.4 is 19.8 Å². The summed E-state index contributed by atoms with van der Waals surface area (Å²) in [7, 11) is 4.63. The monoisotopic (exact) mass is 344 g/mol. The third-order valence-corrected chi connectivity index (χ3v) is 3.98. The Bertz CT molecular complexity index is 951. The molecule has 124 valence electrons. The zero-order chi connectivity index (χ0) is 17.3. The van der Waals surface area contributed by atoms with Gasteiger partial charge in [0.25, 0.3) is 5.56 Å². The van der Waals surface area contributed by atoms with Crippen LogP contribution in [-0.4, -0.2) is 30.9 Å². The largest absolute Gasteiger partial charge is 0.497 e. The zero-order valence-electron chi connectivity index (χ0n) is 13.4. The van der Waals surface area contributed by atoms with Crippen LogP contribution in [0, 0.1) is 0 Å². The number of hydrogen-bond donors (Lipinski definition) is 1. The van der Waals surface area contributed by atoms with E-state index in [0.717, 1.165) is 0 Å². The molecule has 0 unspecified atom stereocenters. The molecule has 7 heteroatoms. The van der Waals surface area contributed by atoms with Gasteiger partial charge in [0, 0.05) is 12.1 Å². The SMILES string of the molecule is COc1ccc(-n2c(S)nc3cc(OC)cc(OC)c3c2=O)cc1. The Labute approximate surface area is 144 Å². The summed E-state index contributed by atoms with van der Waals surface area (Å²) in [6.45, 7) is 0. The molecule has 1 aromatic heterocycles. The van der Waals surface area contributed by atoms with Crippen LogP contribution in [0.5, 0.6) is 17.2 Å². The van der Waals surface area contributed by atoms with Crippen LogP contribution in [0.1, 0.15) is 0 Å². The number of ether oxygens (including phenoxy) is 3. The maximum atomic E-state index is 13.0. The van der Waals surface area contributed by atoms with Crippen LogP contribution in [-0.2, 0) is 0 Å². The maximum Gasteiger partial charge on any atom is 0.270 e. The standard InChI is InChI=1S/C17H16N2O4S/c1-21-11-6-4-10(5-7-11)19-16(20)15-13(18-17(19)24)8-12(22-2)9-14(15)23-3/h4-9H,1-3H3,(H,18,24). The smallest absolute Gasteiger partial charge is 0.270 e. The van der Waals surface area contributed by atoms with E-state index in [1.54, 1.807) is 50.6 Å². The molecule has 0 aliphatic rings. The second-order valence-electron chi connectivity index (χ2n) is 4.97. The fraction of sp³-hybridized carbons (Fsp3) is 0.176. The van der Waals surface area contributed by atoms with Crippen molar-refractivity contribution in [3.05, 3.63) is 46.8 Å². The average molecular weight is 344 g/mol. The van der Waals surface area contributed by atoms with Gasteiger partial charge in [0.2, 0.25) is 0 Å². The first-order chi connectivity index (χ1) is 11.6. The molecule has 0 aliphatic carbocycles. The lowest BCUT2D eigenvalue weighted by Gasteiger charge is -2.13. The van der Waals surface area contributed by atoms with E-state index in [9.17, 15) is 4.79 Å². The van der Waals surface area contributed by atoms with Crippen molar-refractivity contribution in [1.82, 2.24) is 9.55 Å². The molecule has 1 heterocycles. The van der Waals surface area contributed by atoms with E-state index in [-0.39, 0.29) is 10.7 Å². The van der Waals surface area contributed by atoms with Crippen molar-refractivity contribution in [2.45, 2.75) is 5.16 Å². The predicted molar refractivity (Wildman–Crippen MR) is 94.2 cm³/mol. The van der Waals surface area contributed by atoms with Crippen LogP contribution in [0.15, 0.2) is 46.3 Å². The summed E-state index contributed by atoms with van der Waals surface area (Å²) < 4.78 is 17.1. The van der Waals surface area contributed by atoms with Gasteiger partial charge < -0.3 is 14.2 Å². The zero-order valence-corrected chi connectivity index (χ0v) is 14.3. The average Bonchev–Trinajstić information content (AvgIpc) is 2.61. The highest BCUT2D eigenvalue weighted by molar-refractivity contribution is 7.80. The number of thiol groups is 1. The van der Waals surface area contributed by atoms with E-state index in [1.807, 2.05) is 0 Å². The molecule has 0 saturated heterocycles. The van der Waals surface area contributed by atoms with Crippen molar-refractivity contribution >= 4 is 23.5 Å². The molecule has 0 atom stereocenters. The molecular formula is C17H16N2O4S. The number of rotatable bonds is 4. The molecule has 24 heavy (non-hydrogen) atoms. The van der Waals surface area contributed by atoms with Crippen molar-refractivity contribution in [3.63, 3.8) is 0 Å². The number of fused-ring (bicyclic) bond motifs is 1. The number of aromatic nitrogens is 2. The Balaban J connectivity index is 2.31. The summed E-state index contributed by atoms with van der Waals surface area (Å²) >= 11 is 4.37. The molecule has 2 aromatic carbocycles. The molecule has 0 radical (unpaired) electrons. The summed E-state index contributed by atoms with van der Waals surface area (Å²) in [5.74, 6) is 1.65. The van der Waals surface area contributed by atoms with E-state index in [1.165, 1.54) is 11.7 Å². The molecule has 3 aromatic rings. The Morgan fingerprint density at radius 2 is 1.62 bits per heavy atom. The normalized spacial score (nSPS) is 10.7. The second-order valence-corrected chi connectivity index (χ2v) is 5.37. The van der Waals surface area contributed by atoms with Crippen LogP contribution in [0.2, 0.25) is 0 Å². The Morgan fingerprint density at radius 1 is 0.958 bits per heavy atom. The summed E-state index contributed by atoms with van der Waals surface area (Å²) in [6, 6.07) is 10.4. The van der Waals surface area contributed by atoms with Crippen molar-refractivity contribution in [2.75, 3.05) is 21.3 Å². The van der Waals surface area contributed by atoms with Crippen molar-refractivity contribution in [1.29, 1.82) is 0 Å². The van der Waals surface area contributed by atoms with Gasteiger partial charge in [-0.1, -0.05) is 0 Å². The highest BCUT2D eigenvalue weighted by Gasteiger charge is 2.16. The number of benzene rings is 2. The van der Waals surface area contributed by atoms with Gasteiger partial charge in [-0.3, -0.25) is 9.36 Å². The second kappa shape index (κ2) is 6.45. The molecule has 0 amide bonds. The minimum atomic E-state index is -0.269. The molecule has 0 spiro atoms. The van der Waals surface area contributed by atoms with Crippen LogP contribution in [0.3, 0.4) is 0 Å². The summed E-state index contributed by atoms with van der Waals surface area (Å²) in [5, 5.41) is 0.639. The first-order valence-corrected chi connectivity index (χ1v) is 7.56. The predicted octanol–water partition coefficient (Wildman–Crippen LogP) is 2.70. The quantitative estimate of drug-likeness (QED) is 0.582. The maximum absolute atomic E-state index is 13.0. The summed E-state index contributed by atoms with van der Waals surface area (Å²) in [6.07, 6.45) is 0. The van der Waals surface area contributed by atoms with Crippen LogP contribution >= 0.6 is 12.6 Å². The molecule has 6 nitrogen and oxygen atoms in total. The molecule has 0 aliphatic heterocycles. The van der Waals surface area contributed by atoms with Crippen molar-refractivity contribution in [2.24, 2.45) is 0 Å². The van der Waals surface area contributed by atoms with Crippen molar-refractivity contribution in [3.8, 4) is 22.9 Å². The number of nitrogens with zero attached hydrogens (tertiary/aromatic N) is 2. The van der Waals surface area contributed by atoms with E-state index in [2.05, 4.69) is 17.6 Å². The lowest BCUT2D eigenvalue weighted by atomic mass is 10.2. The fourth-order valence-corrected chi connectivity index (χ4v) is 2.80. The number of hydrogen-bond acceptors (Lipinski definition) is 6. The highest BCUT2D eigenvalue weighted by atomic mass is 32.1. The third kappa shape index (κ3) is 2.67. The van der Waals surface area contributed by atoms with Gasteiger partial charge in [-0.25, -0.2) is 4.98 Å². The van der Waals surface area contributed by atoms with E-state index in [0.29, 0.717) is 33.8 Å². The van der Waals surface area contributed by atoms with Gasteiger partial charge in [-0.2, -0.15) is 0 Å². The van der Waals surface area contributed by atoms with E-state index >= 15 is 0 Å². The van der Waals surface area contributed by atoms with Gasteiger partial charge in [-0.15, -0.1) is 12.6 Å². The summed E-state index contributed by atoms with van der Waals surface area (Å²) in [4.78, 5) is 17.4. The molecular weight excluding hydrogens is 328 g/mol. The molecule has 3 rings (SSSR count). The van der Waals surface area contributed by atoms with E-state index < -0.39 is 0 Å². The highest BCUT2D eigenvalue weighted by Crippen LogP contribution is 2.29. The Kier molecular flexibility index (Phi) is 4.35. The Morgan fingerprint density at radius 3 is 2.21 bits per heavy atom. The van der Waals surface area contributed by atoms with Gasteiger partial charge in [0.15, 0.2) is 5.16 Å². The minimum absolute atomic E-state index is 0.269. The number of methoxy groups -OCH3 is 3. The lowest BCUT2D eigenvalue weighted by molar-refractivity contribution is 0.397. The van der Waals surface area contributed by atoms with Crippen LogP contribution in [0.25, 0.3) is 16.6 Å². The third-order valence-electron chi connectivity index (χ3n) is 3.68. The van der Waals surface area contributed by atoms with Gasteiger partial charge in [0.05, 0.1) is 32.5 Å². The molecule has 0 N–H and O–H groups in total. The first kappa shape index (κ1) is 16.2. The topological polar surface area (TPSA) is 62.6 Å². The molecule has 0 fully saturated rings. The lowest BCUT2D eigenvalue weighted by Crippen LogP contribution is -2.21. The fourth-order valence-electron chi connectivity index (χ4n) is 2.48. The van der Waals surface area contributed by atoms with Gasteiger partial charge >= 0.3 is 0 Å². The van der Waals surface area contributed by atoms with Crippen molar-refractivity contribution < 1.29 is 14.2 Å². The Hall–Kier alpha value is -2.67. The van der Waals surface area contributed by atoms with Crippen LogP contribution in [0.4, 0.5) is 0 Å². The molecule has 0 bridgehead atoms. The molecule has 0 saturated carbocycles. The van der Waals surface area contributed by atoms with Gasteiger partial charge in [-0.05, 0) is 24.3 Å². The minimum Gasteiger partial charge on any atom is -0.497 e. The summed E-state index contributed by atoms with van der Waals surface area (Å²) in [5.41, 5.74) is 0.832. The van der Waals surface area contributed by atoms with Gasteiger partial charge in [0.1, 0.15) is 22.6 Å². The van der Waals surface area contributed by atoms with E-state index in [4.69, 9.17) is 14.2 Å². The first-order valence-electron chi connectivity index (χ1n) is 7.11.